The molecule has 3 rings (SSSR count). The summed E-state index contributed by atoms with van der Waals surface area (Å²) in [6.45, 7) is 2.16. The van der Waals surface area contributed by atoms with E-state index in [0.29, 0.717) is 24.2 Å². The first kappa shape index (κ1) is 15.7. The summed E-state index contributed by atoms with van der Waals surface area (Å²) < 4.78 is 26.6. The van der Waals surface area contributed by atoms with Crippen LogP contribution < -0.4 is 5.32 Å². The van der Waals surface area contributed by atoms with Crippen LogP contribution in [-0.2, 0) is 23.4 Å². The smallest absolute Gasteiger partial charge is 0.255 e. The zero-order valence-electron chi connectivity index (χ0n) is 13.1. The van der Waals surface area contributed by atoms with Crippen molar-refractivity contribution in [3.05, 3.63) is 35.4 Å². The molecule has 1 atom stereocenters. The van der Waals surface area contributed by atoms with E-state index in [1.807, 2.05) is 13.1 Å². The first-order valence-corrected chi connectivity index (χ1v) is 9.19. The summed E-state index contributed by atoms with van der Waals surface area (Å²) in [7, 11) is -1.18. The molecule has 9 heteroatoms. The number of aryl methyl sites for hydroxylation is 1. The van der Waals surface area contributed by atoms with Crippen LogP contribution in [0.3, 0.4) is 0 Å². The molecule has 0 aromatic carbocycles. The Morgan fingerprint density at radius 2 is 2.22 bits per heavy atom. The number of nitrogens with one attached hydrogen (secondary N) is 1. The maximum absolute atomic E-state index is 12.3. The monoisotopic (exact) mass is 337 g/mol. The van der Waals surface area contributed by atoms with Crippen LogP contribution in [0.15, 0.2) is 18.5 Å². The molecule has 2 aromatic rings. The molecule has 0 spiro atoms. The second-order valence-electron chi connectivity index (χ2n) is 5.77. The van der Waals surface area contributed by atoms with E-state index in [4.69, 9.17) is 0 Å². The van der Waals surface area contributed by atoms with Gasteiger partial charge < -0.3 is 5.32 Å². The number of hydrogen-bond acceptors (Lipinski definition) is 5. The van der Waals surface area contributed by atoms with Crippen LogP contribution in [0.25, 0.3) is 0 Å². The van der Waals surface area contributed by atoms with Crippen molar-refractivity contribution in [3.63, 3.8) is 0 Å². The van der Waals surface area contributed by atoms with E-state index in [2.05, 4.69) is 15.5 Å². The van der Waals surface area contributed by atoms with Crippen LogP contribution in [0.1, 0.15) is 34.2 Å². The Bertz CT molecular complexity index is 836. The Labute approximate surface area is 134 Å². The minimum atomic E-state index is -2.99. The average Bonchev–Trinajstić information content (AvgIpc) is 3.16. The molecule has 8 nitrogen and oxygen atoms in total. The number of nitrogens with zero attached hydrogens (tertiary/aromatic N) is 4. The lowest BCUT2D eigenvalue weighted by atomic mass is 10.2. The quantitative estimate of drug-likeness (QED) is 0.860. The molecule has 0 saturated carbocycles. The summed E-state index contributed by atoms with van der Waals surface area (Å²) in [5, 5.41) is 11.1. The second-order valence-corrected chi connectivity index (χ2v) is 8.00. The van der Waals surface area contributed by atoms with Gasteiger partial charge in [0.15, 0.2) is 9.84 Å². The van der Waals surface area contributed by atoms with E-state index < -0.39 is 9.84 Å². The molecule has 1 N–H and O–H groups in total. The summed E-state index contributed by atoms with van der Waals surface area (Å²) in [6, 6.07) is 1.65. The van der Waals surface area contributed by atoms with Crippen molar-refractivity contribution in [2.24, 2.45) is 7.05 Å². The lowest BCUT2D eigenvalue weighted by molar-refractivity contribution is 0.0949. The third kappa shape index (κ3) is 3.14. The van der Waals surface area contributed by atoms with Gasteiger partial charge in [-0.3, -0.25) is 14.2 Å². The van der Waals surface area contributed by atoms with Gasteiger partial charge in [0.25, 0.3) is 5.91 Å². The second kappa shape index (κ2) is 5.80. The highest BCUT2D eigenvalue weighted by Crippen LogP contribution is 2.25. The molecule has 1 aliphatic rings. The Hall–Kier alpha value is -2.16. The van der Waals surface area contributed by atoms with Crippen molar-refractivity contribution >= 4 is 15.7 Å². The molecule has 23 heavy (non-hydrogen) atoms. The molecule has 0 aliphatic carbocycles. The number of carbonyl (C=O) groups is 1. The molecule has 0 unspecified atom stereocenters. The van der Waals surface area contributed by atoms with Gasteiger partial charge in [-0.25, -0.2) is 8.42 Å². The fraction of sp³-hybridized carbons (Fsp3) is 0.500. The molecule has 0 bridgehead atoms. The first-order chi connectivity index (χ1) is 10.9. The molecule has 124 valence electrons. The highest BCUT2D eigenvalue weighted by molar-refractivity contribution is 7.91. The third-order valence-electron chi connectivity index (χ3n) is 4.20. The van der Waals surface area contributed by atoms with Crippen molar-refractivity contribution in [3.8, 4) is 0 Å². The van der Waals surface area contributed by atoms with Gasteiger partial charge >= 0.3 is 0 Å². The fourth-order valence-electron chi connectivity index (χ4n) is 2.82. The number of amides is 1. The van der Waals surface area contributed by atoms with Crippen molar-refractivity contribution in [2.45, 2.75) is 25.9 Å². The summed E-state index contributed by atoms with van der Waals surface area (Å²) >= 11 is 0. The minimum Gasteiger partial charge on any atom is -0.346 e. The fourth-order valence-corrected chi connectivity index (χ4v) is 4.52. The third-order valence-corrected chi connectivity index (χ3v) is 5.95. The predicted octanol–water partition coefficient (Wildman–Crippen LogP) is 0.215. The van der Waals surface area contributed by atoms with Gasteiger partial charge in [-0.2, -0.15) is 10.2 Å². The number of rotatable bonds is 4. The Balaban J connectivity index is 1.71. The standard InChI is InChI=1S/C14H19N5O3S/c1-10-13(14(20)15-7-11-3-5-16-18(11)2)8-17-19(10)12-4-6-23(21,22)9-12/h3,5,8,12H,4,6-7,9H2,1-2H3,(H,15,20)/t12-/m1/s1. The SMILES string of the molecule is Cc1c(C(=O)NCc2ccnn2C)cnn1[C@@H]1CCS(=O)(=O)C1. The lowest BCUT2D eigenvalue weighted by Gasteiger charge is -2.11. The minimum absolute atomic E-state index is 0.0889. The normalized spacial score (nSPS) is 19.8. The van der Waals surface area contributed by atoms with Crippen molar-refractivity contribution in [2.75, 3.05) is 11.5 Å². The topological polar surface area (TPSA) is 98.9 Å². The van der Waals surface area contributed by atoms with Gasteiger partial charge in [-0.1, -0.05) is 0 Å². The van der Waals surface area contributed by atoms with Gasteiger partial charge in [-0.05, 0) is 19.4 Å². The predicted molar refractivity (Wildman–Crippen MR) is 83.7 cm³/mol. The highest BCUT2D eigenvalue weighted by Gasteiger charge is 2.31. The van der Waals surface area contributed by atoms with Crippen molar-refractivity contribution in [1.29, 1.82) is 0 Å². The highest BCUT2D eigenvalue weighted by atomic mass is 32.2. The van der Waals surface area contributed by atoms with E-state index in [-0.39, 0.29) is 23.5 Å². The van der Waals surface area contributed by atoms with Crippen LogP contribution in [0, 0.1) is 6.92 Å². The van der Waals surface area contributed by atoms with Crippen LogP contribution in [0.5, 0.6) is 0 Å². The first-order valence-electron chi connectivity index (χ1n) is 7.37. The van der Waals surface area contributed by atoms with Crippen LogP contribution in [0.2, 0.25) is 0 Å². The molecule has 3 heterocycles. The molecule has 0 radical (unpaired) electrons. The molecule has 1 fully saturated rings. The lowest BCUT2D eigenvalue weighted by Crippen LogP contribution is -2.24. The number of aromatic nitrogens is 4. The van der Waals surface area contributed by atoms with Crippen molar-refractivity contribution in [1.82, 2.24) is 24.9 Å². The van der Waals surface area contributed by atoms with E-state index in [1.165, 1.54) is 6.20 Å². The summed E-state index contributed by atoms with van der Waals surface area (Å²) in [4.78, 5) is 12.3. The average molecular weight is 337 g/mol. The molecule has 1 saturated heterocycles. The molecular formula is C14H19N5O3S. The zero-order valence-corrected chi connectivity index (χ0v) is 13.9. The van der Waals surface area contributed by atoms with E-state index in [0.717, 1.165) is 5.69 Å². The number of carbonyl (C=O) groups excluding carboxylic acids is 1. The molecule has 2 aromatic heterocycles. The van der Waals surface area contributed by atoms with Crippen molar-refractivity contribution < 1.29 is 13.2 Å². The molecule has 1 aliphatic heterocycles. The van der Waals surface area contributed by atoms with Crippen LogP contribution >= 0.6 is 0 Å². The van der Waals surface area contributed by atoms with Gasteiger partial charge in [0, 0.05) is 18.9 Å². The Morgan fingerprint density at radius 1 is 1.43 bits per heavy atom. The molecular weight excluding hydrogens is 318 g/mol. The largest absolute Gasteiger partial charge is 0.346 e. The number of hydrogen-bond donors (Lipinski definition) is 1. The zero-order chi connectivity index (χ0) is 16.6. The summed E-state index contributed by atoms with van der Waals surface area (Å²) in [6.07, 6.45) is 3.71. The summed E-state index contributed by atoms with van der Waals surface area (Å²) in [5.74, 6) is 0.0423. The van der Waals surface area contributed by atoms with Gasteiger partial charge in [0.05, 0.1) is 41.5 Å². The van der Waals surface area contributed by atoms with E-state index in [9.17, 15) is 13.2 Å². The van der Waals surface area contributed by atoms with Crippen LogP contribution in [0.4, 0.5) is 0 Å². The van der Waals surface area contributed by atoms with Gasteiger partial charge in [0.1, 0.15) is 0 Å². The molecule has 1 amide bonds. The van der Waals surface area contributed by atoms with E-state index >= 15 is 0 Å². The van der Waals surface area contributed by atoms with Gasteiger partial charge in [0.2, 0.25) is 0 Å². The number of sulfone groups is 1. The van der Waals surface area contributed by atoms with Crippen LogP contribution in [-0.4, -0.2) is 45.4 Å². The maximum atomic E-state index is 12.3. The van der Waals surface area contributed by atoms with E-state index in [1.54, 1.807) is 22.5 Å². The Morgan fingerprint density at radius 3 is 2.83 bits per heavy atom. The Kier molecular flexibility index (Phi) is 3.97. The maximum Gasteiger partial charge on any atom is 0.255 e. The van der Waals surface area contributed by atoms with Gasteiger partial charge in [-0.15, -0.1) is 0 Å². The summed E-state index contributed by atoms with van der Waals surface area (Å²) in [5.41, 5.74) is 2.05.